The van der Waals surface area contributed by atoms with E-state index in [0.29, 0.717) is 0 Å². The molecular formula is C54H71F27O10. The van der Waals surface area contributed by atoms with E-state index >= 15 is 0 Å². The Hall–Kier alpha value is -4.00. The maximum Gasteiger partial charge on any atom is 0.460 e. The van der Waals surface area contributed by atoms with Crippen LogP contribution < -0.4 is 14.2 Å². The van der Waals surface area contributed by atoms with E-state index in [4.69, 9.17) is 42.6 Å². The van der Waals surface area contributed by atoms with Crippen molar-refractivity contribution < 1.29 is 166 Å². The first kappa shape index (κ1) is 83.1. The van der Waals surface area contributed by atoms with Crippen LogP contribution in [0.3, 0.4) is 0 Å². The largest absolute Gasteiger partial charge is 0.490 e. The van der Waals surface area contributed by atoms with Crippen molar-refractivity contribution in [1.29, 1.82) is 0 Å². The van der Waals surface area contributed by atoms with Gasteiger partial charge in [-0.1, -0.05) is 77.0 Å². The molecule has 1 atom stereocenters. The summed E-state index contributed by atoms with van der Waals surface area (Å²) in [5.74, 6) is -60.5. The normalized spacial score (nSPS) is 16.9. The molecule has 91 heavy (non-hydrogen) atoms. The van der Waals surface area contributed by atoms with Gasteiger partial charge in [0.1, 0.15) is 12.7 Å². The molecule has 0 N–H and O–H groups in total. The molecular weight excluding hydrogens is 1320 g/mol. The standard InChI is InChI=1S/C54H71F27O10/c55-43(56,46(61,62)49(67,68)52(73,74)75)19-13-7-1-4-10-16-22-88-39-33-37(42(82)91-36-38-35-86-30-29-84-26-25-83-27-28-85-31-32-87-38)34-40(89-23-17-11-5-2-8-14-20-44(57,58)47(63,64)50(69,70)53(76,77)78)41(39)90-24-18-12-6-3-9-15-21-45(59,60)48(65,66)51(71,72)54(79,80)81/h33-34,38H,1-32,35-36H2. The second-order valence-electron chi connectivity index (χ2n) is 21.0. The number of carbonyl (C=O) groups excluding carboxylic acids is 1. The average Bonchev–Trinajstić information content (AvgIpc) is 0.774. The Bertz CT molecular complexity index is 2130. The van der Waals surface area contributed by atoms with E-state index in [1.165, 1.54) is 0 Å². The molecule has 1 aliphatic heterocycles. The van der Waals surface area contributed by atoms with Crippen molar-refractivity contribution in [1.82, 2.24) is 0 Å². The van der Waals surface area contributed by atoms with Crippen molar-refractivity contribution in [2.45, 2.75) is 213 Å². The summed E-state index contributed by atoms with van der Waals surface area (Å²) in [6.07, 6.45) is -30.6. The predicted molar refractivity (Wildman–Crippen MR) is 266 cm³/mol. The van der Waals surface area contributed by atoms with E-state index in [1.807, 2.05) is 0 Å². The lowest BCUT2D eigenvalue weighted by Crippen LogP contribution is -2.60. The second-order valence-corrected chi connectivity index (χ2v) is 21.0. The lowest BCUT2D eigenvalue weighted by atomic mass is 9.98. The fourth-order valence-corrected chi connectivity index (χ4v) is 8.30. The van der Waals surface area contributed by atoms with Crippen molar-refractivity contribution >= 4 is 5.97 Å². The van der Waals surface area contributed by atoms with Gasteiger partial charge in [-0.25, -0.2) is 4.79 Å². The van der Waals surface area contributed by atoms with Crippen LogP contribution in [-0.2, 0) is 28.4 Å². The van der Waals surface area contributed by atoms with Gasteiger partial charge in [0.05, 0.1) is 84.8 Å². The summed E-state index contributed by atoms with van der Waals surface area (Å²) in [6.45, 7) is -0.117. The molecule has 1 aromatic rings. The van der Waals surface area contributed by atoms with Crippen molar-refractivity contribution in [2.75, 3.05) is 85.9 Å². The highest BCUT2D eigenvalue weighted by Gasteiger charge is 2.83. The lowest BCUT2D eigenvalue weighted by molar-refractivity contribution is -0.396. The van der Waals surface area contributed by atoms with Crippen LogP contribution in [0.2, 0.25) is 0 Å². The highest BCUT2D eigenvalue weighted by atomic mass is 19.4. The molecule has 0 spiro atoms. The Kier molecular flexibility index (Phi) is 33.1. The van der Waals surface area contributed by atoms with Gasteiger partial charge in [0, 0.05) is 19.3 Å². The van der Waals surface area contributed by atoms with Gasteiger partial charge in [-0.3, -0.25) is 0 Å². The molecule has 0 bridgehead atoms. The number of alkyl halides is 27. The van der Waals surface area contributed by atoms with Gasteiger partial charge >= 0.3 is 77.8 Å². The Morgan fingerprint density at radius 3 is 0.945 bits per heavy atom. The Labute approximate surface area is 505 Å². The summed E-state index contributed by atoms with van der Waals surface area (Å²) in [6, 6.07) is 2.24. The highest BCUT2D eigenvalue weighted by Crippen LogP contribution is 2.57. The Morgan fingerprint density at radius 2 is 0.626 bits per heavy atom. The van der Waals surface area contributed by atoms with Crippen LogP contribution in [0.5, 0.6) is 17.2 Å². The highest BCUT2D eigenvalue weighted by molar-refractivity contribution is 5.91. The Morgan fingerprint density at radius 1 is 0.352 bits per heavy atom. The summed E-state index contributed by atoms with van der Waals surface area (Å²) < 4.78 is 410. The number of benzene rings is 1. The number of esters is 1. The monoisotopic (exact) mass is 1390 g/mol. The zero-order chi connectivity index (χ0) is 69.3. The smallest absolute Gasteiger partial charge is 0.460 e. The first-order valence-electron chi connectivity index (χ1n) is 28.6. The minimum Gasteiger partial charge on any atom is -0.490 e. The molecule has 0 amide bonds. The maximum atomic E-state index is 14.0. The molecule has 1 aromatic carbocycles. The van der Waals surface area contributed by atoms with Crippen LogP contribution in [0.1, 0.15) is 145 Å². The first-order chi connectivity index (χ1) is 41.9. The number of halogens is 27. The minimum atomic E-state index is -7.05. The van der Waals surface area contributed by atoms with Crippen LogP contribution in [0.4, 0.5) is 119 Å². The SMILES string of the molecule is O=C(OCC1COCCOCCOCCOCCO1)c1cc(OCCCCCCCCC(F)(F)C(F)(F)C(F)(F)C(F)(F)F)c(OCCCCCCCCC(F)(F)C(F)(F)C(F)(F)C(F)(F)F)c(OCCCCCCCCC(F)(F)C(F)(F)C(F)(F)C(F)(F)F)c1. The molecule has 1 heterocycles. The van der Waals surface area contributed by atoms with Gasteiger partial charge in [0.15, 0.2) is 11.5 Å². The molecule has 0 radical (unpaired) electrons. The van der Waals surface area contributed by atoms with Gasteiger partial charge in [0.2, 0.25) is 5.75 Å². The van der Waals surface area contributed by atoms with Crippen LogP contribution in [0.25, 0.3) is 0 Å². The van der Waals surface area contributed by atoms with E-state index in [1.54, 1.807) is 0 Å². The lowest BCUT2D eigenvalue weighted by Gasteiger charge is -2.33. The molecule has 0 saturated carbocycles. The van der Waals surface area contributed by atoms with Gasteiger partial charge in [-0.2, -0.15) is 119 Å². The van der Waals surface area contributed by atoms with Crippen LogP contribution in [0.15, 0.2) is 12.1 Å². The molecule has 0 aromatic heterocycles. The zero-order valence-electron chi connectivity index (χ0n) is 48.6. The van der Waals surface area contributed by atoms with Gasteiger partial charge < -0.3 is 42.6 Å². The fraction of sp³-hybridized carbons (Fsp3) is 0.870. The molecule has 1 aliphatic rings. The summed E-state index contributed by atoms with van der Waals surface area (Å²) in [5.41, 5.74) is -0.289. The third-order valence-corrected chi connectivity index (χ3v) is 13.7. The van der Waals surface area contributed by atoms with Crippen LogP contribution in [0, 0.1) is 0 Å². The van der Waals surface area contributed by atoms with Crippen molar-refractivity contribution in [3.05, 3.63) is 17.7 Å². The number of carbonyl (C=O) groups is 1. The third kappa shape index (κ3) is 24.3. The summed E-state index contributed by atoms with van der Waals surface area (Å²) in [5, 5.41) is 0. The van der Waals surface area contributed by atoms with E-state index in [-0.39, 0.29) is 198 Å². The van der Waals surface area contributed by atoms with Crippen molar-refractivity contribution in [3.8, 4) is 17.2 Å². The zero-order valence-corrected chi connectivity index (χ0v) is 48.6. The number of hydrogen-bond acceptors (Lipinski definition) is 10. The van der Waals surface area contributed by atoms with E-state index < -0.39 is 129 Å². The van der Waals surface area contributed by atoms with Crippen molar-refractivity contribution in [3.63, 3.8) is 0 Å². The summed E-state index contributed by atoms with van der Waals surface area (Å²) >= 11 is 0. The van der Waals surface area contributed by atoms with Gasteiger partial charge in [-0.15, -0.1) is 0 Å². The van der Waals surface area contributed by atoms with E-state index in [0.717, 1.165) is 12.1 Å². The number of ether oxygens (including phenoxy) is 9. The van der Waals surface area contributed by atoms with Gasteiger partial charge in [-0.05, 0) is 50.7 Å². The molecule has 37 heteroatoms. The first-order valence-corrected chi connectivity index (χ1v) is 28.6. The summed E-state index contributed by atoms with van der Waals surface area (Å²) in [7, 11) is 0. The molecule has 536 valence electrons. The molecule has 1 saturated heterocycles. The quantitative estimate of drug-likeness (QED) is 0.0360. The minimum absolute atomic E-state index is 0.00790. The molecule has 0 aliphatic carbocycles. The second kappa shape index (κ2) is 36.2. The number of rotatable bonds is 39. The van der Waals surface area contributed by atoms with E-state index in [9.17, 15) is 123 Å². The van der Waals surface area contributed by atoms with E-state index in [2.05, 4.69) is 0 Å². The topological polar surface area (TPSA) is 100 Å². The van der Waals surface area contributed by atoms with Crippen molar-refractivity contribution in [2.24, 2.45) is 0 Å². The summed E-state index contributed by atoms with van der Waals surface area (Å²) in [4.78, 5) is 13.8. The van der Waals surface area contributed by atoms with Crippen LogP contribution >= 0.6 is 0 Å². The molecule has 2 rings (SSSR count). The molecule has 1 fully saturated rings. The maximum absolute atomic E-state index is 14.0. The number of hydrogen-bond donors (Lipinski definition) is 0. The molecule has 10 nitrogen and oxygen atoms in total. The predicted octanol–water partition coefficient (Wildman–Crippen LogP) is 18.0. The van der Waals surface area contributed by atoms with Crippen LogP contribution in [-0.4, -0.2) is 170 Å². The van der Waals surface area contributed by atoms with Gasteiger partial charge in [0.25, 0.3) is 0 Å². The molecule has 1 unspecified atom stereocenters. The Balaban J connectivity index is 2.33. The third-order valence-electron chi connectivity index (χ3n) is 13.7. The fourth-order valence-electron chi connectivity index (χ4n) is 8.30. The number of unbranched alkanes of at least 4 members (excludes halogenated alkanes) is 15. The average molecular weight is 1390 g/mol.